The van der Waals surface area contributed by atoms with Crippen LogP contribution in [0.25, 0.3) is 0 Å². The molecule has 2 N–H and O–H groups in total. The maximum Gasteiger partial charge on any atom is 0.223 e. The van der Waals surface area contributed by atoms with Crippen LogP contribution in [0.1, 0.15) is 25.7 Å². The van der Waals surface area contributed by atoms with E-state index in [2.05, 4.69) is 4.90 Å². The molecule has 1 unspecified atom stereocenters. The van der Waals surface area contributed by atoms with E-state index in [4.69, 9.17) is 5.73 Å². The zero-order valence-corrected chi connectivity index (χ0v) is 12.5. The highest BCUT2D eigenvalue weighted by Gasteiger charge is 2.27. The number of likely N-dealkylation sites (tertiary alicyclic amines) is 2. The number of halogens is 2. The van der Waals surface area contributed by atoms with Crippen LogP contribution in [-0.4, -0.2) is 55.0 Å². The summed E-state index contributed by atoms with van der Waals surface area (Å²) in [7, 11) is 0. The predicted molar refractivity (Wildman–Crippen MR) is 78.5 cm³/mol. The first-order valence-corrected chi connectivity index (χ1v) is 6.50. The van der Waals surface area contributed by atoms with Gasteiger partial charge >= 0.3 is 0 Å². The van der Waals surface area contributed by atoms with Crippen LogP contribution in [0.2, 0.25) is 0 Å². The van der Waals surface area contributed by atoms with E-state index in [9.17, 15) is 4.79 Å². The lowest BCUT2D eigenvalue weighted by atomic mass is 10.1. The molecule has 18 heavy (non-hydrogen) atoms. The van der Waals surface area contributed by atoms with Crippen LogP contribution in [-0.2, 0) is 4.79 Å². The molecule has 2 fully saturated rings. The molecule has 108 valence electrons. The Kier molecular flexibility index (Phi) is 8.95. The van der Waals surface area contributed by atoms with Gasteiger partial charge in [0, 0.05) is 32.6 Å². The second-order valence-electron chi connectivity index (χ2n) is 5.04. The molecule has 2 saturated heterocycles. The monoisotopic (exact) mass is 297 g/mol. The minimum Gasteiger partial charge on any atom is -0.342 e. The number of nitrogens with two attached hydrogens (primary N) is 1. The molecular weight excluding hydrogens is 273 g/mol. The molecule has 1 amide bonds. The van der Waals surface area contributed by atoms with Crippen molar-refractivity contribution in [2.45, 2.75) is 25.7 Å². The molecule has 2 rings (SSSR count). The Morgan fingerprint density at radius 1 is 1.17 bits per heavy atom. The highest BCUT2D eigenvalue weighted by molar-refractivity contribution is 5.85. The summed E-state index contributed by atoms with van der Waals surface area (Å²) in [4.78, 5) is 16.2. The lowest BCUT2D eigenvalue weighted by Crippen LogP contribution is -2.32. The average Bonchev–Trinajstić information content (AvgIpc) is 2.90. The molecule has 0 aromatic rings. The Morgan fingerprint density at radius 2 is 1.83 bits per heavy atom. The van der Waals surface area contributed by atoms with Crippen molar-refractivity contribution >= 4 is 30.7 Å². The number of amides is 1. The van der Waals surface area contributed by atoms with Crippen LogP contribution in [0, 0.1) is 5.92 Å². The van der Waals surface area contributed by atoms with E-state index in [0.717, 1.165) is 13.1 Å². The van der Waals surface area contributed by atoms with E-state index in [-0.39, 0.29) is 30.7 Å². The molecule has 2 heterocycles. The first kappa shape index (κ1) is 18.0. The zero-order valence-electron chi connectivity index (χ0n) is 10.8. The summed E-state index contributed by atoms with van der Waals surface area (Å²) in [5.74, 6) is 0.936. The Labute approximate surface area is 122 Å². The SMILES string of the molecule is Cl.Cl.NCCC(=O)N1CCC(CN2CCCC2)C1. The average molecular weight is 298 g/mol. The van der Waals surface area contributed by atoms with Gasteiger partial charge < -0.3 is 15.5 Å². The van der Waals surface area contributed by atoms with E-state index < -0.39 is 0 Å². The largest absolute Gasteiger partial charge is 0.342 e. The van der Waals surface area contributed by atoms with Crippen LogP contribution in [0.4, 0.5) is 0 Å². The highest BCUT2D eigenvalue weighted by Crippen LogP contribution is 2.20. The van der Waals surface area contributed by atoms with E-state index in [1.165, 1.54) is 38.9 Å². The molecule has 0 aromatic carbocycles. The molecular formula is C12H25Cl2N3O. The number of carbonyl (C=O) groups is 1. The van der Waals surface area contributed by atoms with Crippen LogP contribution in [0.15, 0.2) is 0 Å². The summed E-state index contributed by atoms with van der Waals surface area (Å²) in [6.45, 7) is 6.08. The van der Waals surface area contributed by atoms with Gasteiger partial charge in [-0.25, -0.2) is 0 Å². The van der Waals surface area contributed by atoms with Crippen molar-refractivity contribution in [1.82, 2.24) is 9.80 Å². The third-order valence-electron chi connectivity index (χ3n) is 3.71. The van der Waals surface area contributed by atoms with Gasteiger partial charge in [-0.2, -0.15) is 0 Å². The smallest absolute Gasteiger partial charge is 0.223 e. The third kappa shape index (κ3) is 4.92. The highest BCUT2D eigenvalue weighted by atomic mass is 35.5. The summed E-state index contributed by atoms with van der Waals surface area (Å²) in [6.07, 6.45) is 4.38. The van der Waals surface area contributed by atoms with Gasteiger partial charge in [-0.05, 0) is 38.3 Å². The van der Waals surface area contributed by atoms with Gasteiger partial charge in [0.1, 0.15) is 0 Å². The molecule has 0 bridgehead atoms. The minimum absolute atomic E-state index is 0. The van der Waals surface area contributed by atoms with E-state index in [1.807, 2.05) is 4.90 Å². The predicted octanol–water partition coefficient (Wildman–Crippen LogP) is 1.12. The standard InChI is InChI=1S/C12H23N3O.2ClH/c13-5-3-12(16)15-8-4-11(10-15)9-14-6-1-2-7-14;;/h11H,1-10,13H2;2*1H. The molecule has 0 aliphatic carbocycles. The fourth-order valence-corrected chi connectivity index (χ4v) is 2.82. The normalized spacial score (nSPS) is 23.6. The maximum atomic E-state index is 11.7. The van der Waals surface area contributed by atoms with Gasteiger partial charge in [0.15, 0.2) is 0 Å². The molecule has 6 heteroatoms. The van der Waals surface area contributed by atoms with Gasteiger partial charge in [-0.3, -0.25) is 4.79 Å². The summed E-state index contributed by atoms with van der Waals surface area (Å²) < 4.78 is 0. The van der Waals surface area contributed by atoms with Gasteiger partial charge in [0.25, 0.3) is 0 Å². The van der Waals surface area contributed by atoms with Crippen molar-refractivity contribution in [1.29, 1.82) is 0 Å². The first-order valence-electron chi connectivity index (χ1n) is 6.50. The molecule has 0 saturated carbocycles. The van der Waals surface area contributed by atoms with Gasteiger partial charge in [-0.1, -0.05) is 0 Å². The Balaban J connectivity index is 0.00000144. The molecule has 4 nitrogen and oxygen atoms in total. The summed E-state index contributed by atoms with van der Waals surface area (Å²) in [5.41, 5.74) is 5.41. The van der Waals surface area contributed by atoms with Crippen molar-refractivity contribution in [3.8, 4) is 0 Å². The van der Waals surface area contributed by atoms with Crippen LogP contribution < -0.4 is 5.73 Å². The summed E-state index contributed by atoms with van der Waals surface area (Å²) >= 11 is 0. The fourth-order valence-electron chi connectivity index (χ4n) is 2.82. The van der Waals surface area contributed by atoms with Crippen molar-refractivity contribution in [2.24, 2.45) is 11.7 Å². The van der Waals surface area contributed by atoms with Gasteiger partial charge in [0.05, 0.1) is 0 Å². The Hall–Kier alpha value is -0.0300. The van der Waals surface area contributed by atoms with Crippen LogP contribution in [0.5, 0.6) is 0 Å². The second kappa shape index (κ2) is 8.97. The quantitative estimate of drug-likeness (QED) is 0.846. The lowest BCUT2D eigenvalue weighted by molar-refractivity contribution is -0.130. The van der Waals surface area contributed by atoms with Crippen LogP contribution >= 0.6 is 24.8 Å². The number of hydrogen-bond acceptors (Lipinski definition) is 3. The Bertz CT molecular complexity index is 247. The maximum absolute atomic E-state index is 11.7. The number of nitrogens with zero attached hydrogens (tertiary/aromatic N) is 2. The summed E-state index contributed by atoms with van der Waals surface area (Å²) in [5, 5.41) is 0. The molecule has 2 aliphatic rings. The molecule has 1 atom stereocenters. The van der Waals surface area contributed by atoms with Crippen molar-refractivity contribution in [3.05, 3.63) is 0 Å². The topological polar surface area (TPSA) is 49.6 Å². The molecule has 0 aromatic heterocycles. The molecule has 0 spiro atoms. The Morgan fingerprint density at radius 3 is 2.44 bits per heavy atom. The van der Waals surface area contributed by atoms with Gasteiger partial charge in [-0.15, -0.1) is 24.8 Å². The number of carbonyl (C=O) groups excluding carboxylic acids is 1. The fraction of sp³-hybridized carbons (Fsp3) is 0.917. The minimum atomic E-state index is 0. The van der Waals surface area contributed by atoms with Crippen molar-refractivity contribution in [3.63, 3.8) is 0 Å². The van der Waals surface area contributed by atoms with E-state index in [1.54, 1.807) is 0 Å². The van der Waals surface area contributed by atoms with Crippen molar-refractivity contribution < 1.29 is 4.79 Å². The molecule has 0 radical (unpaired) electrons. The lowest BCUT2D eigenvalue weighted by Gasteiger charge is -2.20. The zero-order chi connectivity index (χ0) is 11.4. The third-order valence-corrected chi connectivity index (χ3v) is 3.71. The van der Waals surface area contributed by atoms with Crippen LogP contribution in [0.3, 0.4) is 0 Å². The van der Waals surface area contributed by atoms with E-state index in [0.29, 0.717) is 18.9 Å². The second-order valence-corrected chi connectivity index (χ2v) is 5.04. The number of rotatable bonds is 4. The first-order chi connectivity index (χ1) is 7.79. The van der Waals surface area contributed by atoms with E-state index >= 15 is 0 Å². The molecule has 2 aliphatic heterocycles. The number of hydrogen-bond donors (Lipinski definition) is 1. The summed E-state index contributed by atoms with van der Waals surface area (Å²) in [6, 6.07) is 0. The van der Waals surface area contributed by atoms with Crippen molar-refractivity contribution in [2.75, 3.05) is 39.3 Å². The van der Waals surface area contributed by atoms with Gasteiger partial charge in [0.2, 0.25) is 5.91 Å².